The Hall–Kier alpha value is -0.830. The highest BCUT2D eigenvalue weighted by molar-refractivity contribution is 14.0. The van der Waals surface area contributed by atoms with Crippen LogP contribution in [0.2, 0.25) is 0 Å². The number of hydrogen-bond donors (Lipinski definition) is 2. The Labute approximate surface area is 174 Å². The molecule has 0 amide bonds. The van der Waals surface area contributed by atoms with E-state index >= 15 is 0 Å². The van der Waals surface area contributed by atoms with E-state index in [0.29, 0.717) is 36.2 Å². The van der Waals surface area contributed by atoms with Gasteiger partial charge in [0.05, 0.1) is 13.0 Å². The van der Waals surface area contributed by atoms with Gasteiger partial charge >= 0.3 is 21.5 Å². The van der Waals surface area contributed by atoms with Gasteiger partial charge in [-0.05, 0) is 18.8 Å². The fourth-order valence-electron chi connectivity index (χ4n) is 2.50. The van der Waals surface area contributed by atoms with Crippen molar-refractivity contribution in [3.63, 3.8) is 0 Å². The van der Waals surface area contributed by atoms with Crippen molar-refractivity contribution >= 4 is 45.9 Å². The van der Waals surface area contributed by atoms with Gasteiger partial charge in [0, 0.05) is 33.2 Å². The van der Waals surface area contributed by atoms with Crippen LogP contribution in [0.15, 0.2) is 4.99 Å². The average molecular weight is 530 g/mol. The van der Waals surface area contributed by atoms with Gasteiger partial charge in [0.2, 0.25) is 0 Å². The minimum atomic E-state index is -5.26. The topological polar surface area (TPSA) is 100 Å². The number of hydrogen-bond acceptors (Lipinski definition) is 5. The van der Waals surface area contributed by atoms with Crippen LogP contribution >= 0.6 is 24.0 Å². The molecule has 0 aliphatic carbocycles. The van der Waals surface area contributed by atoms with Crippen LogP contribution in [0.5, 0.6) is 0 Å². The van der Waals surface area contributed by atoms with Crippen molar-refractivity contribution in [2.24, 2.45) is 16.8 Å². The number of carbonyl (C=O) groups is 1. The summed E-state index contributed by atoms with van der Waals surface area (Å²) in [4.78, 5) is 15.3. The Bertz CT molecular complexity index is 608. The van der Waals surface area contributed by atoms with Crippen molar-refractivity contribution < 1.29 is 31.1 Å². The SMILES string of the molecule is CN=C(NCC1CCN(S(=O)(=O)C(F)(F)F)CC1)NCC(C)C(=O)OC.I. The second-order valence-electron chi connectivity index (χ2n) is 6.05. The number of ether oxygens (including phenoxy) is 1. The van der Waals surface area contributed by atoms with E-state index in [-0.39, 0.29) is 54.9 Å². The summed E-state index contributed by atoms with van der Waals surface area (Å²) in [6.07, 6.45) is 0.635. The maximum absolute atomic E-state index is 12.5. The number of esters is 1. The van der Waals surface area contributed by atoms with Gasteiger partial charge in [-0.3, -0.25) is 9.79 Å². The van der Waals surface area contributed by atoms with Crippen molar-refractivity contribution in [1.29, 1.82) is 0 Å². The summed E-state index contributed by atoms with van der Waals surface area (Å²) in [5.74, 6) is -0.252. The molecule has 1 aliphatic heterocycles. The molecule has 160 valence electrons. The summed E-state index contributed by atoms with van der Waals surface area (Å²) in [7, 11) is -2.40. The lowest BCUT2D eigenvalue weighted by Gasteiger charge is -2.31. The number of guanidine groups is 1. The molecule has 1 rings (SSSR count). The molecule has 13 heteroatoms. The van der Waals surface area contributed by atoms with Crippen LogP contribution in [-0.2, 0) is 19.6 Å². The summed E-state index contributed by atoms with van der Waals surface area (Å²) in [6.45, 7) is 2.11. The number of nitrogens with zero attached hydrogens (tertiary/aromatic N) is 2. The molecule has 1 atom stereocenters. The highest BCUT2D eigenvalue weighted by Crippen LogP contribution is 2.30. The fraction of sp³-hybridized carbons (Fsp3) is 0.857. The number of rotatable bonds is 6. The molecule has 1 heterocycles. The van der Waals surface area contributed by atoms with Gasteiger partial charge in [-0.25, -0.2) is 8.42 Å². The summed E-state index contributed by atoms with van der Waals surface area (Å²) in [5.41, 5.74) is -5.26. The zero-order valence-electron chi connectivity index (χ0n) is 15.4. The zero-order valence-corrected chi connectivity index (χ0v) is 18.5. The summed E-state index contributed by atoms with van der Waals surface area (Å²) in [5, 5.41) is 5.99. The maximum Gasteiger partial charge on any atom is 0.511 e. The molecule has 1 aliphatic rings. The minimum Gasteiger partial charge on any atom is -0.469 e. The van der Waals surface area contributed by atoms with Gasteiger partial charge in [-0.1, -0.05) is 6.92 Å². The molecular formula is C14H26F3IN4O4S. The van der Waals surface area contributed by atoms with Crippen molar-refractivity contribution in [1.82, 2.24) is 14.9 Å². The van der Waals surface area contributed by atoms with E-state index in [2.05, 4.69) is 20.4 Å². The van der Waals surface area contributed by atoms with E-state index in [1.165, 1.54) is 7.11 Å². The Morgan fingerprint density at radius 1 is 1.30 bits per heavy atom. The summed E-state index contributed by atoms with van der Waals surface area (Å²) >= 11 is 0. The van der Waals surface area contributed by atoms with Crippen LogP contribution in [0.3, 0.4) is 0 Å². The van der Waals surface area contributed by atoms with Gasteiger partial charge in [0.15, 0.2) is 5.96 Å². The fourth-order valence-corrected chi connectivity index (χ4v) is 3.48. The van der Waals surface area contributed by atoms with E-state index < -0.39 is 15.5 Å². The number of alkyl halides is 3. The number of halogens is 4. The third-order valence-corrected chi connectivity index (χ3v) is 5.80. The Balaban J connectivity index is 0.00000676. The number of sulfonamides is 1. The van der Waals surface area contributed by atoms with Crippen molar-refractivity contribution in [2.75, 3.05) is 40.3 Å². The largest absolute Gasteiger partial charge is 0.511 e. The monoisotopic (exact) mass is 530 g/mol. The van der Waals surface area contributed by atoms with Crippen LogP contribution in [0, 0.1) is 11.8 Å². The normalized spacial score (nSPS) is 18.4. The highest BCUT2D eigenvalue weighted by Gasteiger charge is 2.50. The van der Waals surface area contributed by atoms with Gasteiger partial charge in [-0.15, -0.1) is 24.0 Å². The minimum absolute atomic E-state index is 0. The third kappa shape index (κ3) is 7.60. The second kappa shape index (κ2) is 11.2. The second-order valence-corrected chi connectivity index (χ2v) is 7.98. The van der Waals surface area contributed by atoms with Crippen LogP contribution in [0.4, 0.5) is 13.2 Å². The molecule has 0 aromatic rings. The van der Waals surface area contributed by atoms with E-state index in [9.17, 15) is 26.4 Å². The van der Waals surface area contributed by atoms with Crippen molar-refractivity contribution in [2.45, 2.75) is 25.3 Å². The van der Waals surface area contributed by atoms with Crippen LogP contribution in [-0.4, -0.2) is 70.5 Å². The van der Waals surface area contributed by atoms with E-state index in [1.807, 2.05) is 0 Å². The number of methoxy groups -OCH3 is 1. The third-order valence-electron chi connectivity index (χ3n) is 4.17. The van der Waals surface area contributed by atoms with Gasteiger partial charge in [0.25, 0.3) is 0 Å². The van der Waals surface area contributed by atoms with Gasteiger partial charge < -0.3 is 15.4 Å². The van der Waals surface area contributed by atoms with Gasteiger partial charge in [-0.2, -0.15) is 17.5 Å². The number of nitrogens with one attached hydrogen (secondary N) is 2. The Kier molecular flexibility index (Phi) is 10.9. The van der Waals surface area contributed by atoms with E-state index in [1.54, 1.807) is 14.0 Å². The lowest BCUT2D eigenvalue weighted by molar-refractivity contribution is -0.144. The first-order valence-electron chi connectivity index (χ1n) is 8.11. The molecule has 0 bridgehead atoms. The average Bonchev–Trinajstić information content (AvgIpc) is 2.60. The Morgan fingerprint density at radius 3 is 2.30 bits per heavy atom. The molecule has 0 radical (unpaired) electrons. The molecule has 2 N–H and O–H groups in total. The first kappa shape index (κ1) is 26.2. The predicted molar refractivity (Wildman–Crippen MR) is 105 cm³/mol. The molecular weight excluding hydrogens is 504 g/mol. The Morgan fingerprint density at radius 2 is 1.85 bits per heavy atom. The summed E-state index contributed by atoms with van der Waals surface area (Å²) < 4.78 is 65.5. The summed E-state index contributed by atoms with van der Waals surface area (Å²) in [6, 6.07) is 0. The molecule has 0 aromatic heterocycles. The van der Waals surface area contributed by atoms with Crippen molar-refractivity contribution in [3.05, 3.63) is 0 Å². The smallest absolute Gasteiger partial charge is 0.469 e. The van der Waals surface area contributed by atoms with Crippen LogP contribution < -0.4 is 10.6 Å². The molecule has 8 nitrogen and oxygen atoms in total. The number of carbonyl (C=O) groups excluding carboxylic acids is 1. The quantitative estimate of drug-likeness (QED) is 0.231. The van der Waals surface area contributed by atoms with Crippen LogP contribution in [0.25, 0.3) is 0 Å². The molecule has 0 aromatic carbocycles. The van der Waals surface area contributed by atoms with E-state index in [4.69, 9.17) is 0 Å². The van der Waals surface area contributed by atoms with Crippen LogP contribution in [0.1, 0.15) is 19.8 Å². The lowest BCUT2D eigenvalue weighted by atomic mass is 9.98. The first-order valence-corrected chi connectivity index (χ1v) is 9.55. The molecule has 0 saturated carbocycles. The molecule has 1 saturated heterocycles. The molecule has 27 heavy (non-hydrogen) atoms. The van der Waals surface area contributed by atoms with Crippen molar-refractivity contribution in [3.8, 4) is 0 Å². The predicted octanol–water partition coefficient (Wildman–Crippen LogP) is 1.14. The van der Waals surface area contributed by atoms with E-state index in [0.717, 1.165) is 0 Å². The standard InChI is InChI=1S/C14H25F3N4O4S.HI/c1-10(12(22)25-3)8-19-13(18-2)20-9-11-4-6-21(7-5-11)26(23,24)14(15,16)17;/h10-11H,4-9H2,1-3H3,(H2,18,19,20);1H. The molecule has 1 fully saturated rings. The first-order chi connectivity index (χ1) is 12.0. The maximum atomic E-state index is 12.5. The molecule has 1 unspecified atom stereocenters. The number of aliphatic imine (C=N–C) groups is 1. The zero-order chi connectivity index (χ0) is 20.0. The molecule has 0 spiro atoms. The van der Waals surface area contributed by atoms with Gasteiger partial charge in [0.1, 0.15) is 0 Å². The lowest BCUT2D eigenvalue weighted by Crippen LogP contribution is -2.47. The highest BCUT2D eigenvalue weighted by atomic mass is 127. The number of piperidine rings is 1.